The summed E-state index contributed by atoms with van der Waals surface area (Å²) in [6.07, 6.45) is 0. The largest absolute Gasteiger partial charge is 0.212 e. The predicted octanol–water partition coefficient (Wildman–Crippen LogP) is 3.21. The van der Waals surface area contributed by atoms with E-state index >= 15 is 0 Å². The first-order valence-electron chi connectivity index (χ1n) is 4.49. The van der Waals surface area contributed by atoms with Crippen molar-refractivity contribution in [2.24, 2.45) is 0 Å². The van der Waals surface area contributed by atoms with Crippen LogP contribution in [0.4, 0.5) is 0 Å². The molecule has 70 valence electrons. The van der Waals surface area contributed by atoms with Gasteiger partial charge in [0.15, 0.2) is 0 Å². The van der Waals surface area contributed by atoms with E-state index in [0.29, 0.717) is 5.54 Å². The predicted molar refractivity (Wildman–Crippen MR) is 63.0 cm³/mol. The molecule has 0 radical (unpaired) electrons. The molecule has 1 aromatic rings. The number of hydrogen-bond acceptors (Lipinski definition) is 0. The van der Waals surface area contributed by atoms with Crippen molar-refractivity contribution in [3.05, 3.63) is 42.6 Å². The van der Waals surface area contributed by atoms with Crippen LogP contribution in [-0.2, 0) is 0 Å². The second kappa shape index (κ2) is 4.12. The summed E-state index contributed by atoms with van der Waals surface area (Å²) in [5, 5.41) is 1.25. The summed E-state index contributed by atoms with van der Waals surface area (Å²) in [5.41, 5.74) is 2.43. The van der Waals surface area contributed by atoms with Gasteiger partial charge in [0.05, 0.1) is 0 Å². The van der Waals surface area contributed by atoms with Crippen LogP contribution in [0.2, 0.25) is 5.54 Å². The van der Waals surface area contributed by atoms with Crippen molar-refractivity contribution in [1.29, 1.82) is 0 Å². The minimum Gasteiger partial charge on any atom is -0.155 e. The molecular formula is C11H15ClSi. The van der Waals surface area contributed by atoms with Crippen LogP contribution < -0.4 is 5.19 Å². The van der Waals surface area contributed by atoms with Crippen LogP contribution in [0.1, 0.15) is 13.8 Å². The zero-order valence-corrected chi connectivity index (χ0v) is 9.88. The molecule has 0 saturated heterocycles. The molecule has 0 spiro atoms. The van der Waals surface area contributed by atoms with Gasteiger partial charge in [-0.1, -0.05) is 49.9 Å². The van der Waals surface area contributed by atoms with Crippen molar-refractivity contribution < 1.29 is 0 Å². The van der Waals surface area contributed by atoms with E-state index in [4.69, 9.17) is 11.1 Å². The smallest absolute Gasteiger partial charge is 0.155 e. The number of rotatable bonds is 3. The maximum absolute atomic E-state index is 6.60. The monoisotopic (exact) mass is 210 g/mol. The highest BCUT2D eigenvalue weighted by Gasteiger charge is 2.33. The Morgan fingerprint density at radius 2 is 1.85 bits per heavy atom. The molecule has 0 bridgehead atoms. The third-order valence-electron chi connectivity index (χ3n) is 2.35. The van der Waals surface area contributed by atoms with Gasteiger partial charge in [-0.15, -0.1) is 6.58 Å². The molecule has 13 heavy (non-hydrogen) atoms. The second-order valence-electron chi connectivity index (χ2n) is 3.49. The van der Waals surface area contributed by atoms with Gasteiger partial charge < -0.3 is 0 Å². The van der Waals surface area contributed by atoms with E-state index < -0.39 is 7.38 Å². The molecule has 1 aromatic carbocycles. The molecule has 0 nitrogen and oxygen atoms in total. The maximum atomic E-state index is 6.60. The van der Waals surface area contributed by atoms with E-state index in [9.17, 15) is 0 Å². The van der Waals surface area contributed by atoms with Gasteiger partial charge >= 0.3 is 0 Å². The first kappa shape index (κ1) is 10.5. The molecule has 0 heterocycles. The summed E-state index contributed by atoms with van der Waals surface area (Å²) in [6, 6.07) is 10.3. The molecule has 2 heteroatoms. The minimum atomic E-state index is -1.94. The lowest BCUT2D eigenvalue weighted by molar-refractivity contribution is 1.05. The molecule has 0 aliphatic carbocycles. The van der Waals surface area contributed by atoms with Crippen LogP contribution in [-0.4, -0.2) is 7.38 Å². The quantitative estimate of drug-likeness (QED) is 0.531. The van der Waals surface area contributed by atoms with Crippen molar-refractivity contribution in [2.45, 2.75) is 19.4 Å². The molecule has 0 saturated carbocycles. The lowest BCUT2D eigenvalue weighted by Crippen LogP contribution is -2.43. The Kier molecular flexibility index (Phi) is 3.34. The van der Waals surface area contributed by atoms with Crippen molar-refractivity contribution in [3.63, 3.8) is 0 Å². The summed E-state index contributed by atoms with van der Waals surface area (Å²) < 4.78 is 0. The molecule has 0 aliphatic heterocycles. The van der Waals surface area contributed by atoms with E-state index in [2.05, 4.69) is 32.6 Å². The molecule has 1 rings (SSSR count). The minimum absolute atomic E-state index is 0.481. The van der Waals surface area contributed by atoms with Crippen molar-refractivity contribution in [2.75, 3.05) is 0 Å². The van der Waals surface area contributed by atoms with E-state index in [-0.39, 0.29) is 0 Å². The zero-order valence-electron chi connectivity index (χ0n) is 8.13. The zero-order chi connectivity index (χ0) is 9.90. The summed E-state index contributed by atoms with van der Waals surface area (Å²) in [4.78, 5) is 0. The molecule has 1 atom stereocenters. The lowest BCUT2D eigenvalue weighted by atomic mass is 10.4. The van der Waals surface area contributed by atoms with Gasteiger partial charge in [-0.25, -0.2) is 0 Å². The lowest BCUT2D eigenvalue weighted by Gasteiger charge is -2.24. The standard InChI is InChI=1S/C11H15ClSi/c1-4-13(12,10(2)3)11-8-6-5-7-9-11/h4-10H,1H2,2-3H3. The topological polar surface area (TPSA) is 0 Å². The van der Waals surface area contributed by atoms with E-state index in [0.717, 1.165) is 0 Å². The molecule has 0 aromatic heterocycles. The highest BCUT2D eigenvalue weighted by atomic mass is 35.6. The summed E-state index contributed by atoms with van der Waals surface area (Å²) in [7, 11) is -1.94. The van der Waals surface area contributed by atoms with E-state index in [1.54, 1.807) is 0 Å². The maximum Gasteiger partial charge on any atom is 0.212 e. The van der Waals surface area contributed by atoms with E-state index in [1.165, 1.54) is 5.19 Å². The number of halogens is 1. The van der Waals surface area contributed by atoms with Crippen LogP contribution in [0, 0.1) is 0 Å². The Bertz CT molecular complexity index is 281. The summed E-state index contributed by atoms with van der Waals surface area (Å²) >= 11 is 6.60. The Balaban J connectivity index is 3.10. The fraction of sp³-hybridized carbons (Fsp3) is 0.273. The van der Waals surface area contributed by atoms with Crippen LogP contribution >= 0.6 is 11.1 Å². The number of hydrogen-bond donors (Lipinski definition) is 0. The van der Waals surface area contributed by atoms with Gasteiger partial charge in [0.1, 0.15) is 0 Å². The van der Waals surface area contributed by atoms with E-state index in [1.807, 2.05) is 23.9 Å². The third kappa shape index (κ3) is 2.04. The summed E-state index contributed by atoms with van der Waals surface area (Å²) in [5.74, 6) is 0. The highest BCUT2D eigenvalue weighted by molar-refractivity contribution is 7.30. The first-order valence-corrected chi connectivity index (χ1v) is 7.66. The van der Waals surface area contributed by atoms with Gasteiger partial charge in [0, 0.05) is 0 Å². The second-order valence-corrected chi connectivity index (χ2v) is 9.05. The van der Waals surface area contributed by atoms with Gasteiger partial charge in [0.25, 0.3) is 0 Å². The Morgan fingerprint density at radius 1 is 1.31 bits per heavy atom. The normalized spacial score (nSPS) is 15.4. The average molecular weight is 211 g/mol. The van der Waals surface area contributed by atoms with Gasteiger partial charge in [-0.2, -0.15) is 11.1 Å². The van der Waals surface area contributed by atoms with Gasteiger partial charge in [-0.3, -0.25) is 0 Å². The van der Waals surface area contributed by atoms with Gasteiger partial charge in [-0.05, 0) is 10.7 Å². The molecule has 0 amide bonds. The Labute approximate surface area is 86.0 Å². The Hall–Kier alpha value is -0.533. The average Bonchev–Trinajstić information content (AvgIpc) is 2.17. The van der Waals surface area contributed by atoms with Crippen LogP contribution in [0.3, 0.4) is 0 Å². The molecule has 0 fully saturated rings. The highest BCUT2D eigenvalue weighted by Crippen LogP contribution is 2.25. The van der Waals surface area contributed by atoms with Gasteiger partial charge in [0.2, 0.25) is 7.38 Å². The summed E-state index contributed by atoms with van der Waals surface area (Å²) in [6.45, 7) is 8.18. The SMILES string of the molecule is C=C[Si](Cl)(c1ccccc1)C(C)C. The fourth-order valence-corrected chi connectivity index (χ4v) is 3.84. The molecular weight excluding hydrogens is 196 g/mol. The Morgan fingerprint density at radius 3 is 2.23 bits per heavy atom. The molecule has 0 aliphatic rings. The molecule has 0 N–H and O–H groups in total. The third-order valence-corrected chi connectivity index (χ3v) is 8.27. The van der Waals surface area contributed by atoms with Crippen LogP contribution in [0.5, 0.6) is 0 Å². The van der Waals surface area contributed by atoms with Crippen LogP contribution in [0.25, 0.3) is 0 Å². The van der Waals surface area contributed by atoms with Crippen LogP contribution in [0.15, 0.2) is 42.6 Å². The van der Waals surface area contributed by atoms with Crippen molar-refractivity contribution >= 4 is 23.6 Å². The first-order chi connectivity index (χ1) is 6.11. The number of benzene rings is 1. The van der Waals surface area contributed by atoms with Crippen molar-refractivity contribution in [1.82, 2.24) is 0 Å². The fourth-order valence-electron chi connectivity index (χ4n) is 1.38. The van der Waals surface area contributed by atoms with Crippen molar-refractivity contribution in [3.8, 4) is 0 Å². The molecule has 1 unspecified atom stereocenters.